The second kappa shape index (κ2) is 10.9. The van der Waals surface area contributed by atoms with Crippen LogP contribution < -0.4 is 14.8 Å². The number of aromatic nitrogens is 1. The number of carbonyl (C=O) groups excluding carboxylic acids is 2. The van der Waals surface area contributed by atoms with Crippen LogP contribution in [0.25, 0.3) is 10.2 Å². The lowest BCUT2D eigenvalue weighted by Gasteiger charge is -2.42. The molecule has 3 fully saturated rings. The van der Waals surface area contributed by atoms with Crippen LogP contribution in [0.1, 0.15) is 63.4 Å². The first-order valence-electron chi connectivity index (χ1n) is 15.4. The summed E-state index contributed by atoms with van der Waals surface area (Å²) in [6, 6.07) is 11.9. The van der Waals surface area contributed by atoms with Crippen LogP contribution in [0.2, 0.25) is 0 Å². The highest BCUT2D eigenvalue weighted by Gasteiger charge is 2.75. The average molecular weight is 614 g/mol. The van der Waals surface area contributed by atoms with E-state index < -0.39 is 5.60 Å². The Kier molecular flexibility index (Phi) is 7.11. The lowest BCUT2D eigenvalue weighted by atomic mass is 9.64. The number of likely N-dealkylation sites (tertiary alicyclic amines) is 1. The molecule has 4 unspecified atom stereocenters. The Bertz CT molecular complexity index is 1690. The van der Waals surface area contributed by atoms with Crippen LogP contribution in [0.15, 0.2) is 77.4 Å². The minimum Gasteiger partial charge on any atom is -0.490 e. The predicted molar refractivity (Wildman–Crippen MR) is 171 cm³/mol. The normalized spacial score (nSPS) is 25.5. The number of amides is 2. The van der Waals surface area contributed by atoms with E-state index in [1.807, 2.05) is 103 Å². The predicted octanol–water partition coefficient (Wildman–Crippen LogP) is 7.13. The van der Waals surface area contributed by atoms with Gasteiger partial charge in [0, 0.05) is 25.6 Å². The molecule has 4 aliphatic rings. The number of fused-ring (bicyclic) bond motifs is 1. The Morgan fingerprint density at radius 3 is 2.64 bits per heavy atom. The van der Waals surface area contributed by atoms with Gasteiger partial charge in [-0.25, -0.2) is 4.79 Å². The summed E-state index contributed by atoms with van der Waals surface area (Å²) in [5.74, 6) is 1.92. The van der Waals surface area contributed by atoms with Crippen LogP contribution in [-0.2, 0) is 11.8 Å². The van der Waals surface area contributed by atoms with Crippen LogP contribution in [0.5, 0.6) is 11.5 Å². The molecule has 0 bridgehead atoms. The zero-order valence-electron chi connectivity index (χ0n) is 25.7. The van der Waals surface area contributed by atoms with Crippen molar-refractivity contribution in [2.75, 3.05) is 6.61 Å². The maximum atomic E-state index is 13.0. The third-order valence-electron chi connectivity index (χ3n) is 9.34. The van der Waals surface area contributed by atoms with Crippen LogP contribution in [0.3, 0.4) is 0 Å². The zero-order valence-corrected chi connectivity index (χ0v) is 26.5. The molecule has 2 amide bonds. The molecule has 230 valence electrons. The van der Waals surface area contributed by atoms with Crippen LogP contribution in [0, 0.1) is 5.92 Å². The average Bonchev–Trinajstić information content (AvgIpc) is 3.40. The molecular weight excluding hydrogens is 574 g/mol. The van der Waals surface area contributed by atoms with Crippen LogP contribution in [0.4, 0.5) is 4.79 Å². The second-order valence-electron chi connectivity index (χ2n) is 13.3. The Morgan fingerprint density at radius 2 is 1.91 bits per heavy atom. The molecule has 1 aromatic carbocycles. The van der Waals surface area contributed by atoms with Gasteiger partial charge in [0.1, 0.15) is 35.5 Å². The second-order valence-corrected chi connectivity index (χ2v) is 14.3. The van der Waals surface area contributed by atoms with Crippen molar-refractivity contribution in [3.8, 4) is 11.5 Å². The number of thiophene rings is 1. The monoisotopic (exact) mass is 613 g/mol. The molecule has 2 aromatic heterocycles. The van der Waals surface area contributed by atoms with Crippen molar-refractivity contribution in [1.82, 2.24) is 14.8 Å². The number of carbonyl (C=O) groups is 2. The Hall–Kier alpha value is -3.98. The molecule has 44 heavy (non-hydrogen) atoms. The van der Waals surface area contributed by atoms with E-state index in [-0.39, 0.29) is 29.7 Å². The molecule has 3 heterocycles. The summed E-state index contributed by atoms with van der Waals surface area (Å²) in [7, 11) is 1.92. The van der Waals surface area contributed by atoms with E-state index in [1.165, 1.54) is 0 Å². The first kappa shape index (κ1) is 28.8. The van der Waals surface area contributed by atoms with E-state index >= 15 is 0 Å². The van der Waals surface area contributed by atoms with Gasteiger partial charge in [0.2, 0.25) is 0 Å². The SMILES string of the molecule is Cn1c(C(=O)NC2=CC(COc3ccc(OC4CC5CCC56C(C4)N6C(=O)OC(C)(C)C)cc3)=CC=CC2)cc2sccc21. The molecule has 8 nitrogen and oxygen atoms in total. The lowest BCUT2D eigenvalue weighted by molar-refractivity contribution is 0.0251. The number of benzene rings is 1. The highest BCUT2D eigenvalue weighted by Crippen LogP contribution is 2.65. The molecule has 4 atom stereocenters. The number of rotatable bonds is 7. The standard InChI is InChI=1S/C35H39N3O5S/c1-34(2,3)43-33(40)38-31-19-27(18-23-13-15-35(23,31)38)42-26-11-9-25(10-12-26)41-21-22-7-5-6-8-24(17-22)36-32(39)29-20-30-28(37(29)4)14-16-44-30/h5-7,9-12,14,16-17,20,23,27,31H,8,13,15,18-19,21H2,1-4H3,(H,36,39). The highest BCUT2D eigenvalue weighted by molar-refractivity contribution is 7.17. The Morgan fingerprint density at radius 1 is 1.11 bits per heavy atom. The Balaban J connectivity index is 0.928. The molecule has 3 aromatic rings. The fourth-order valence-electron chi connectivity index (χ4n) is 7.15. The summed E-state index contributed by atoms with van der Waals surface area (Å²) in [6.07, 6.45) is 12.6. The molecule has 9 heteroatoms. The quantitative estimate of drug-likeness (QED) is 0.287. The highest BCUT2D eigenvalue weighted by atomic mass is 32.1. The van der Waals surface area contributed by atoms with Gasteiger partial charge in [0.25, 0.3) is 5.91 Å². The lowest BCUT2D eigenvalue weighted by Crippen LogP contribution is -2.47. The van der Waals surface area contributed by atoms with Gasteiger partial charge in [0.05, 0.1) is 21.8 Å². The van der Waals surface area contributed by atoms with Gasteiger partial charge in [0.15, 0.2) is 0 Å². The minimum absolute atomic E-state index is 0.0109. The van der Waals surface area contributed by atoms with E-state index in [0.717, 1.165) is 58.7 Å². The topological polar surface area (TPSA) is 81.8 Å². The van der Waals surface area contributed by atoms with Crippen LogP contribution >= 0.6 is 11.3 Å². The van der Waals surface area contributed by atoms with E-state index in [4.69, 9.17) is 14.2 Å². The maximum absolute atomic E-state index is 13.0. The van der Waals surface area contributed by atoms with Crippen molar-refractivity contribution in [3.63, 3.8) is 0 Å². The number of hydrogen-bond donors (Lipinski definition) is 1. The number of hydrogen-bond acceptors (Lipinski definition) is 6. The van der Waals surface area contributed by atoms with E-state index in [2.05, 4.69) is 5.32 Å². The Labute approximate surface area is 262 Å². The number of ether oxygens (including phenoxy) is 3. The molecule has 1 spiro atoms. The van der Waals surface area contributed by atoms with Gasteiger partial charge < -0.3 is 24.1 Å². The molecular formula is C35H39N3O5S. The molecule has 0 radical (unpaired) electrons. The van der Waals surface area contributed by atoms with Crippen molar-refractivity contribution in [1.29, 1.82) is 0 Å². The first-order chi connectivity index (χ1) is 21.1. The summed E-state index contributed by atoms with van der Waals surface area (Å²) in [4.78, 5) is 27.9. The van der Waals surface area contributed by atoms with Gasteiger partial charge in [-0.2, -0.15) is 0 Å². The zero-order chi connectivity index (χ0) is 30.6. The fourth-order valence-corrected chi connectivity index (χ4v) is 8.00. The molecule has 7 rings (SSSR count). The summed E-state index contributed by atoms with van der Waals surface area (Å²) in [5.41, 5.74) is 3.02. The molecule has 3 aliphatic carbocycles. The smallest absolute Gasteiger partial charge is 0.411 e. The number of allylic oxidation sites excluding steroid dienone is 3. The third-order valence-corrected chi connectivity index (χ3v) is 10.2. The van der Waals surface area contributed by atoms with Gasteiger partial charge in [-0.15, -0.1) is 11.3 Å². The number of aryl methyl sites for hydroxylation is 1. The van der Waals surface area contributed by atoms with Gasteiger partial charge in [-0.3, -0.25) is 9.69 Å². The van der Waals surface area contributed by atoms with Gasteiger partial charge in [-0.05, 0) is 99.4 Å². The minimum atomic E-state index is -0.490. The van der Waals surface area contributed by atoms with Crippen molar-refractivity contribution < 1.29 is 23.8 Å². The van der Waals surface area contributed by atoms with Gasteiger partial charge >= 0.3 is 6.09 Å². The van der Waals surface area contributed by atoms with E-state index in [9.17, 15) is 9.59 Å². The fraction of sp³-hybridized carbons (Fsp3) is 0.429. The number of nitrogens with zero attached hydrogens (tertiary/aromatic N) is 2. The maximum Gasteiger partial charge on any atom is 0.411 e. The van der Waals surface area contributed by atoms with Crippen LogP contribution in [-0.4, -0.2) is 51.4 Å². The molecule has 1 N–H and O–H groups in total. The summed E-state index contributed by atoms with van der Waals surface area (Å²) in [5, 5.41) is 5.12. The largest absolute Gasteiger partial charge is 0.490 e. The van der Waals surface area contributed by atoms with E-state index in [1.54, 1.807) is 11.3 Å². The van der Waals surface area contributed by atoms with Crippen molar-refractivity contribution >= 4 is 33.6 Å². The van der Waals surface area contributed by atoms with Crippen molar-refractivity contribution in [2.45, 2.75) is 76.2 Å². The van der Waals surface area contributed by atoms with Crippen molar-refractivity contribution in [3.05, 3.63) is 83.0 Å². The molecule has 1 saturated heterocycles. The third kappa shape index (κ3) is 5.31. The summed E-state index contributed by atoms with van der Waals surface area (Å²) < 4.78 is 21.2. The summed E-state index contributed by atoms with van der Waals surface area (Å²) >= 11 is 1.63. The molecule has 1 aliphatic heterocycles. The van der Waals surface area contributed by atoms with Gasteiger partial charge in [-0.1, -0.05) is 18.2 Å². The molecule has 2 saturated carbocycles. The number of nitrogens with one attached hydrogen (secondary N) is 1. The summed E-state index contributed by atoms with van der Waals surface area (Å²) in [6.45, 7) is 6.12. The first-order valence-corrected chi connectivity index (χ1v) is 16.3. The van der Waals surface area contributed by atoms with E-state index in [0.29, 0.717) is 24.6 Å². The van der Waals surface area contributed by atoms with Crippen molar-refractivity contribution in [2.24, 2.45) is 13.0 Å².